The highest BCUT2D eigenvalue weighted by molar-refractivity contribution is 5.57. The maximum Gasteiger partial charge on any atom is 0.0538 e. The molecular weight excluding hydrogens is 212 g/mol. The van der Waals surface area contributed by atoms with Crippen molar-refractivity contribution >= 4 is 5.69 Å². The summed E-state index contributed by atoms with van der Waals surface area (Å²) in [6, 6.07) is 8.32. The molecule has 0 amide bonds. The fraction of sp³-hybridized carbons (Fsp3) is 0.571. The number of aliphatic hydroxyl groups is 1. The Labute approximate surface area is 103 Å². The molecule has 1 heterocycles. The molecule has 3 heteroatoms. The van der Waals surface area contributed by atoms with Crippen molar-refractivity contribution in [3.05, 3.63) is 29.8 Å². The molecule has 2 rings (SSSR count). The van der Waals surface area contributed by atoms with E-state index in [2.05, 4.69) is 23.1 Å². The van der Waals surface area contributed by atoms with Gasteiger partial charge in [-0.1, -0.05) is 25.1 Å². The summed E-state index contributed by atoms with van der Waals surface area (Å²) in [6.45, 7) is 4.82. The Bertz CT molecular complexity index is 368. The first-order valence-electron chi connectivity index (χ1n) is 6.36. The first-order valence-corrected chi connectivity index (χ1v) is 6.36. The van der Waals surface area contributed by atoms with E-state index in [1.165, 1.54) is 24.1 Å². The van der Waals surface area contributed by atoms with Crippen molar-refractivity contribution in [2.45, 2.75) is 25.2 Å². The van der Waals surface area contributed by atoms with Gasteiger partial charge in [-0.15, -0.1) is 0 Å². The predicted molar refractivity (Wildman–Crippen MR) is 71.4 cm³/mol. The number of nitrogens with two attached hydrogens (primary N) is 1. The summed E-state index contributed by atoms with van der Waals surface area (Å²) >= 11 is 0. The topological polar surface area (TPSA) is 49.5 Å². The summed E-state index contributed by atoms with van der Waals surface area (Å²) in [5.41, 5.74) is 7.92. The molecule has 0 spiro atoms. The normalized spacial score (nSPS) is 19.4. The summed E-state index contributed by atoms with van der Waals surface area (Å²) in [5.74, 6) is 0. The van der Waals surface area contributed by atoms with Gasteiger partial charge in [0.2, 0.25) is 0 Å². The summed E-state index contributed by atoms with van der Waals surface area (Å²) in [4.78, 5) is 2.40. The van der Waals surface area contributed by atoms with Crippen LogP contribution in [0, 0.1) is 0 Å². The molecule has 1 unspecified atom stereocenters. The van der Waals surface area contributed by atoms with Crippen LogP contribution in [0.5, 0.6) is 0 Å². The van der Waals surface area contributed by atoms with Crippen LogP contribution in [0.3, 0.4) is 0 Å². The van der Waals surface area contributed by atoms with Gasteiger partial charge >= 0.3 is 0 Å². The van der Waals surface area contributed by atoms with E-state index in [1.807, 2.05) is 13.0 Å². The lowest BCUT2D eigenvalue weighted by Crippen LogP contribution is -2.37. The average Bonchev–Trinajstić information content (AvgIpc) is 2.92. The number of benzene rings is 1. The minimum Gasteiger partial charge on any atom is -0.395 e. The van der Waals surface area contributed by atoms with E-state index in [9.17, 15) is 5.11 Å². The summed E-state index contributed by atoms with van der Waals surface area (Å²) in [5, 5.41) is 9.61. The van der Waals surface area contributed by atoms with Gasteiger partial charge in [-0.25, -0.2) is 0 Å². The van der Waals surface area contributed by atoms with Gasteiger partial charge < -0.3 is 15.7 Å². The Hall–Kier alpha value is -1.06. The molecule has 0 aromatic heterocycles. The van der Waals surface area contributed by atoms with Crippen LogP contribution in [-0.4, -0.2) is 31.3 Å². The van der Waals surface area contributed by atoms with Crippen LogP contribution in [0.25, 0.3) is 0 Å². The summed E-state index contributed by atoms with van der Waals surface area (Å²) in [6.07, 6.45) is 2.51. The van der Waals surface area contributed by atoms with E-state index >= 15 is 0 Å². The smallest absolute Gasteiger partial charge is 0.0538 e. The van der Waals surface area contributed by atoms with Crippen molar-refractivity contribution in [3.8, 4) is 0 Å². The van der Waals surface area contributed by atoms with E-state index in [0.717, 1.165) is 13.1 Å². The summed E-state index contributed by atoms with van der Waals surface area (Å²) in [7, 11) is 0. The zero-order valence-electron chi connectivity index (χ0n) is 10.5. The monoisotopic (exact) mass is 234 g/mol. The lowest BCUT2D eigenvalue weighted by atomic mass is 9.82. The molecule has 1 aliphatic heterocycles. The zero-order chi connectivity index (χ0) is 12.3. The third kappa shape index (κ3) is 2.31. The van der Waals surface area contributed by atoms with Crippen LogP contribution in [0.2, 0.25) is 0 Å². The summed E-state index contributed by atoms with van der Waals surface area (Å²) < 4.78 is 0. The van der Waals surface area contributed by atoms with E-state index in [4.69, 9.17) is 5.73 Å². The fourth-order valence-electron chi connectivity index (χ4n) is 2.48. The van der Waals surface area contributed by atoms with Gasteiger partial charge in [0.25, 0.3) is 0 Å². The number of hydrogen-bond acceptors (Lipinski definition) is 3. The van der Waals surface area contributed by atoms with Gasteiger partial charge in [-0.2, -0.15) is 0 Å². The molecule has 0 saturated carbocycles. The molecule has 1 aromatic rings. The molecule has 94 valence electrons. The molecule has 0 radical (unpaired) electrons. The van der Waals surface area contributed by atoms with Crippen molar-refractivity contribution in [2.75, 3.05) is 31.1 Å². The Morgan fingerprint density at radius 3 is 2.53 bits per heavy atom. The van der Waals surface area contributed by atoms with Crippen LogP contribution in [0.4, 0.5) is 5.69 Å². The molecule has 1 saturated heterocycles. The minimum atomic E-state index is -0.334. The second-order valence-corrected chi connectivity index (χ2v) is 5.13. The third-order valence-electron chi connectivity index (χ3n) is 3.80. The zero-order valence-corrected chi connectivity index (χ0v) is 10.5. The number of hydrogen-bond donors (Lipinski definition) is 2. The van der Waals surface area contributed by atoms with Crippen molar-refractivity contribution in [1.29, 1.82) is 0 Å². The van der Waals surface area contributed by atoms with Gasteiger partial charge in [-0.3, -0.25) is 0 Å². The lowest BCUT2D eigenvalue weighted by molar-refractivity contribution is 0.210. The van der Waals surface area contributed by atoms with Crippen molar-refractivity contribution < 1.29 is 5.11 Å². The van der Waals surface area contributed by atoms with Crippen LogP contribution in [-0.2, 0) is 5.41 Å². The van der Waals surface area contributed by atoms with Crippen LogP contribution in [0.1, 0.15) is 25.3 Å². The van der Waals surface area contributed by atoms with E-state index in [-0.39, 0.29) is 12.0 Å². The maximum absolute atomic E-state index is 9.61. The average molecular weight is 234 g/mol. The number of anilines is 1. The highest BCUT2D eigenvalue weighted by Crippen LogP contribution is 2.33. The molecular formula is C14H22N2O. The fourth-order valence-corrected chi connectivity index (χ4v) is 2.48. The molecule has 17 heavy (non-hydrogen) atoms. The SMILES string of the molecule is CC(CN)(CO)c1ccccc1N1CCCC1. The van der Waals surface area contributed by atoms with Crippen molar-refractivity contribution in [3.63, 3.8) is 0 Å². The minimum absolute atomic E-state index is 0.0916. The largest absolute Gasteiger partial charge is 0.395 e. The van der Waals surface area contributed by atoms with Crippen molar-refractivity contribution in [1.82, 2.24) is 0 Å². The van der Waals surface area contributed by atoms with E-state index < -0.39 is 0 Å². The molecule has 3 nitrogen and oxygen atoms in total. The number of aliphatic hydroxyl groups excluding tert-OH is 1. The quantitative estimate of drug-likeness (QED) is 0.830. The first kappa shape index (κ1) is 12.4. The van der Waals surface area contributed by atoms with Gasteiger partial charge in [0, 0.05) is 30.7 Å². The second-order valence-electron chi connectivity index (χ2n) is 5.13. The van der Waals surface area contributed by atoms with E-state index in [0.29, 0.717) is 6.54 Å². The van der Waals surface area contributed by atoms with Crippen LogP contribution < -0.4 is 10.6 Å². The maximum atomic E-state index is 9.61. The number of rotatable bonds is 4. The number of para-hydroxylation sites is 1. The van der Waals surface area contributed by atoms with Gasteiger partial charge in [0.05, 0.1) is 6.61 Å². The standard InChI is InChI=1S/C14H22N2O/c1-14(10-15,11-17)12-6-2-3-7-13(12)16-8-4-5-9-16/h2-3,6-7,17H,4-5,8-11,15H2,1H3. The van der Waals surface area contributed by atoms with Crippen LogP contribution in [0.15, 0.2) is 24.3 Å². The van der Waals surface area contributed by atoms with Crippen molar-refractivity contribution in [2.24, 2.45) is 5.73 Å². The molecule has 0 aliphatic carbocycles. The van der Waals surface area contributed by atoms with Crippen LogP contribution >= 0.6 is 0 Å². The third-order valence-corrected chi connectivity index (χ3v) is 3.80. The van der Waals surface area contributed by atoms with Gasteiger partial charge in [0.15, 0.2) is 0 Å². The predicted octanol–water partition coefficient (Wildman–Crippen LogP) is 1.50. The Balaban J connectivity index is 2.39. The molecule has 0 bridgehead atoms. The molecule has 1 aliphatic rings. The van der Waals surface area contributed by atoms with Gasteiger partial charge in [0.1, 0.15) is 0 Å². The second kappa shape index (κ2) is 5.07. The number of nitrogens with zero attached hydrogens (tertiary/aromatic N) is 1. The van der Waals surface area contributed by atoms with E-state index in [1.54, 1.807) is 0 Å². The molecule has 1 fully saturated rings. The molecule has 1 aromatic carbocycles. The highest BCUT2D eigenvalue weighted by Gasteiger charge is 2.28. The Morgan fingerprint density at radius 2 is 1.94 bits per heavy atom. The molecule has 1 atom stereocenters. The first-order chi connectivity index (χ1) is 8.21. The van der Waals surface area contributed by atoms with Gasteiger partial charge in [-0.05, 0) is 24.5 Å². The molecule has 3 N–H and O–H groups in total. The highest BCUT2D eigenvalue weighted by atomic mass is 16.3. The lowest BCUT2D eigenvalue weighted by Gasteiger charge is -2.32. The Kier molecular flexibility index (Phi) is 3.69. The Morgan fingerprint density at radius 1 is 1.29 bits per heavy atom.